The second-order valence-corrected chi connectivity index (χ2v) is 4.66. The van der Waals surface area contributed by atoms with Gasteiger partial charge in [0.05, 0.1) is 0 Å². The summed E-state index contributed by atoms with van der Waals surface area (Å²) in [4.78, 5) is -0.248. The highest BCUT2D eigenvalue weighted by Crippen LogP contribution is 2.11. The third-order valence-electron chi connectivity index (χ3n) is 2.51. The molecule has 0 saturated carbocycles. The van der Waals surface area contributed by atoms with Crippen molar-refractivity contribution in [1.29, 1.82) is 0 Å². The first-order valence-electron chi connectivity index (χ1n) is 5.20. The molecule has 1 atom stereocenters. The molecular weight excluding hydrogens is 257 g/mol. The van der Waals surface area contributed by atoms with Crippen LogP contribution in [0.15, 0.2) is 48.2 Å². The van der Waals surface area contributed by atoms with E-state index in [0.29, 0.717) is 11.1 Å². The normalized spacial score (nSPS) is 18.7. The Labute approximate surface area is 105 Å². The summed E-state index contributed by atoms with van der Waals surface area (Å²) < 4.78 is 35.1. The van der Waals surface area contributed by atoms with Crippen molar-refractivity contribution in [2.45, 2.75) is 6.42 Å². The van der Waals surface area contributed by atoms with E-state index >= 15 is 0 Å². The summed E-state index contributed by atoms with van der Waals surface area (Å²) in [5, 5.41) is 10.9. The molecule has 0 amide bonds. The van der Waals surface area contributed by atoms with Gasteiger partial charge in [-0.2, -0.15) is 8.42 Å². The molecule has 1 aromatic carbocycles. The topological polar surface area (TPSA) is 61.6 Å². The number of hydrogen-bond donors (Lipinski definition) is 1. The van der Waals surface area contributed by atoms with Crippen molar-refractivity contribution in [2.75, 3.05) is 0 Å². The van der Waals surface area contributed by atoms with E-state index < -0.39 is 21.2 Å². The molecular formula is C12H10FNO3S. The predicted octanol–water partition coefficient (Wildman–Crippen LogP) is 0.214. The number of nitrogens with one attached hydrogen (secondary N) is 1. The van der Waals surface area contributed by atoms with Gasteiger partial charge in [0.1, 0.15) is 12.0 Å². The van der Waals surface area contributed by atoms with Crippen LogP contribution in [-0.4, -0.2) is 13.4 Å². The molecule has 0 fully saturated rings. The number of quaternary nitrogens is 1. The van der Waals surface area contributed by atoms with Crippen LogP contribution >= 0.6 is 0 Å². The summed E-state index contributed by atoms with van der Waals surface area (Å²) in [7, 11) is -2.59. The molecule has 0 radical (unpaired) electrons. The van der Waals surface area contributed by atoms with Crippen LogP contribution in [0.25, 0.3) is 0 Å². The molecule has 1 N–H and O–H groups in total. The molecule has 1 aromatic rings. The molecule has 6 heteroatoms. The van der Waals surface area contributed by atoms with Crippen molar-refractivity contribution >= 4 is 15.3 Å². The minimum Gasteiger partial charge on any atom is -0.623 e. The number of hydrogen-bond acceptors (Lipinski definition) is 3. The van der Waals surface area contributed by atoms with Crippen LogP contribution in [0.5, 0.6) is 0 Å². The predicted molar refractivity (Wildman–Crippen MR) is 65.6 cm³/mol. The average Bonchev–Trinajstić information content (AvgIpc) is 2.28. The van der Waals surface area contributed by atoms with Gasteiger partial charge >= 0.3 is 0 Å². The molecule has 0 aliphatic carbocycles. The molecule has 1 heterocycles. The van der Waals surface area contributed by atoms with Gasteiger partial charge in [-0.15, -0.1) is 0 Å². The smallest absolute Gasteiger partial charge is 0.277 e. The first kappa shape index (κ1) is 12.7. The van der Waals surface area contributed by atoms with Gasteiger partial charge in [0.2, 0.25) is 0 Å². The lowest BCUT2D eigenvalue weighted by atomic mass is 10.0. The van der Waals surface area contributed by atoms with E-state index in [4.69, 9.17) is 0 Å². The lowest BCUT2D eigenvalue weighted by Gasteiger charge is -2.21. The van der Waals surface area contributed by atoms with Crippen LogP contribution in [0.2, 0.25) is 0 Å². The molecule has 1 unspecified atom stereocenters. The molecule has 0 spiro atoms. The van der Waals surface area contributed by atoms with Gasteiger partial charge in [-0.1, -0.05) is 12.1 Å². The minimum atomic E-state index is -2.59. The van der Waals surface area contributed by atoms with E-state index in [9.17, 15) is 18.0 Å². The SMILES string of the molecule is O=S(=O)=C1C(Cc2cccc(F)c2)=CC=C[NH+]1[O-]. The standard InChI is InChI=1S/C12H10FNO3S/c13-11-5-1-3-9(8-11)7-10-4-2-6-14(15)12(10)18(16)17/h1-6,8,14H,7H2. The molecule has 1 aliphatic heterocycles. The molecule has 2 rings (SSSR count). The molecule has 1 aliphatic rings. The Morgan fingerprint density at radius 3 is 2.78 bits per heavy atom. The van der Waals surface area contributed by atoms with Gasteiger partial charge in [0, 0.05) is 12.0 Å². The zero-order chi connectivity index (χ0) is 13.1. The zero-order valence-electron chi connectivity index (χ0n) is 9.26. The van der Waals surface area contributed by atoms with Crippen molar-refractivity contribution in [3.05, 3.63) is 64.8 Å². The third-order valence-corrected chi connectivity index (χ3v) is 3.31. The molecule has 0 aromatic heterocycles. The number of halogens is 1. The second kappa shape index (κ2) is 5.26. The van der Waals surface area contributed by atoms with E-state index in [1.54, 1.807) is 18.2 Å². The van der Waals surface area contributed by atoms with Gasteiger partial charge in [0.15, 0.2) is 0 Å². The maximum atomic E-state index is 13.0. The number of benzene rings is 1. The van der Waals surface area contributed by atoms with Crippen LogP contribution in [0.1, 0.15) is 5.56 Å². The quantitative estimate of drug-likeness (QED) is 0.615. The summed E-state index contributed by atoms with van der Waals surface area (Å²) in [5.74, 6) is -0.393. The van der Waals surface area contributed by atoms with E-state index in [2.05, 4.69) is 0 Å². The Bertz CT molecular complexity index is 654. The van der Waals surface area contributed by atoms with Gasteiger partial charge in [-0.25, -0.2) is 4.39 Å². The number of allylic oxidation sites excluding steroid dienone is 2. The van der Waals surface area contributed by atoms with Crippen molar-refractivity contribution in [3.8, 4) is 0 Å². The third kappa shape index (κ3) is 2.73. The molecule has 94 valence electrons. The Hall–Kier alpha value is -1.76. The minimum absolute atomic E-state index is 0.206. The molecule has 0 saturated heterocycles. The van der Waals surface area contributed by atoms with Gasteiger partial charge in [-0.05, 0) is 29.8 Å². The van der Waals surface area contributed by atoms with E-state index in [1.165, 1.54) is 24.4 Å². The van der Waals surface area contributed by atoms with Crippen LogP contribution in [-0.2, 0) is 16.7 Å². The lowest BCUT2D eigenvalue weighted by molar-refractivity contribution is -0.680. The summed E-state index contributed by atoms with van der Waals surface area (Å²) >= 11 is 0. The Morgan fingerprint density at radius 1 is 1.33 bits per heavy atom. The lowest BCUT2D eigenvalue weighted by Crippen LogP contribution is -3.06. The molecule has 4 nitrogen and oxygen atoms in total. The fraction of sp³-hybridized carbons (Fsp3) is 0.0833. The van der Waals surface area contributed by atoms with E-state index in [1.807, 2.05) is 0 Å². The van der Waals surface area contributed by atoms with Gasteiger partial charge < -0.3 is 10.3 Å². The van der Waals surface area contributed by atoms with Crippen LogP contribution in [0.4, 0.5) is 4.39 Å². The zero-order valence-corrected chi connectivity index (χ0v) is 10.1. The van der Waals surface area contributed by atoms with Crippen molar-refractivity contribution in [3.63, 3.8) is 0 Å². The second-order valence-electron chi connectivity index (χ2n) is 3.79. The fourth-order valence-electron chi connectivity index (χ4n) is 1.76. The highest BCUT2D eigenvalue weighted by Gasteiger charge is 2.19. The van der Waals surface area contributed by atoms with Crippen LogP contribution < -0.4 is 5.06 Å². The highest BCUT2D eigenvalue weighted by molar-refractivity contribution is 7.72. The van der Waals surface area contributed by atoms with Gasteiger partial charge in [-0.3, -0.25) is 0 Å². The summed E-state index contributed by atoms with van der Waals surface area (Å²) in [6, 6.07) is 5.84. The van der Waals surface area contributed by atoms with Crippen molar-refractivity contribution < 1.29 is 17.9 Å². The summed E-state index contributed by atoms with van der Waals surface area (Å²) in [6.07, 6.45) is 4.45. The number of rotatable bonds is 2. The molecule has 0 bridgehead atoms. The summed E-state index contributed by atoms with van der Waals surface area (Å²) in [6.45, 7) is 0. The maximum absolute atomic E-state index is 13.0. The Kier molecular flexibility index (Phi) is 3.71. The first-order valence-corrected chi connectivity index (χ1v) is 6.28. The largest absolute Gasteiger partial charge is 0.623 e. The van der Waals surface area contributed by atoms with Gasteiger partial charge in [0.25, 0.3) is 15.3 Å². The summed E-state index contributed by atoms with van der Waals surface area (Å²) in [5.41, 5.74) is 0.994. The fourth-order valence-corrected chi connectivity index (χ4v) is 2.34. The Morgan fingerprint density at radius 2 is 2.11 bits per heavy atom. The van der Waals surface area contributed by atoms with Crippen molar-refractivity contribution in [2.24, 2.45) is 0 Å². The van der Waals surface area contributed by atoms with Crippen molar-refractivity contribution in [1.82, 2.24) is 0 Å². The average molecular weight is 267 g/mol. The van der Waals surface area contributed by atoms with E-state index in [-0.39, 0.29) is 11.4 Å². The first-order chi connectivity index (χ1) is 8.58. The van der Waals surface area contributed by atoms with Crippen LogP contribution in [0.3, 0.4) is 0 Å². The molecule has 18 heavy (non-hydrogen) atoms. The maximum Gasteiger partial charge on any atom is 0.277 e. The highest BCUT2D eigenvalue weighted by atomic mass is 32.2. The van der Waals surface area contributed by atoms with E-state index in [0.717, 1.165) is 0 Å². The monoisotopic (exact) mass is 267 g/mol. The number of hydroxylamine groups is 2. The Balaban J connectivity index is 2.36. The van der Waals surface area contributed by atoms with Crippen LogP contribution in [0, 0.1) is 11.0 Å².